The number of rotatable bonds is 12. The number of furan rings is 1. The van der Waals surface area contributed by atoms with Gasteiger partial charge in [-0.25, -0.2) is 0 Å². The van der Waals surface area contributed by atoms with Crippen molar-refractivity contribution in [2.45, 2.75) is 39.0 Å². The number of unbranched alkanes of at least 4 members (excludes halogenated alkanes) is 1. The van der Waals surface area contributed by atoms with E-state index in [2.05, 4.69) is 6.92 Å². The molecule has 0 radical (unpaired) electrons. The second kappa shape index (κ2) is 13.1. The maximum absolute atomic E-state index is 13.5. The van der Waals surface area contributed by atoms with Gasteiger partial charge in [-0.1, -0.05) is 61.9 Å². The van der Waals surface area contributed by atoms with Crippen LogP contribution in [0.15, 0.2) is 101 Å². The normalized spacial score (nSPS) is 16.0. The molecule has 42 heavy (non-hydrogen) atoms. The molecule has 1 aromatic heterocycles. The minimum Gasteiger partial charge on any atom is -0.507 e. The van der Waals surface area contributed by atoms with Crippen LogP contribution in [0.5, 0.6) is 17.2 Å². The molecule has 0 bridgehead atoms. The standard InChI is InChI=1S/C34H33NO7/c1-3-4-17-40-26-13-8-12-25(19-26)32(36)30-31(35(34(38)33(30)37)21-27-14-9-18-41-27)24-15-16-28(29(20-24)39-2)42-22-23-10-6-5-7-11-23/h5-16,18-20,31,36H,3-4,17,21-22H2,1-2H3. The van der Waals surface area contributed by atoms with E-state index in [4.69, 9.17) is 18.6 Å². The van der Waals surface area contributed by atoms with E-state index in [1.54, 1.807) is 54.6 Å². The van der Waals surface area contributed by atoms with Crippen molar-refractivity contribution >= 4 is 17.4 Å². The summed E-state index contributed by atoms with van der Waals surface area (Å²) < 4.78 is 23.0. The van der Waals surface area contributed by atoms with E-state index in [9.17, 15) is 14.7 Å². The second-order valence-corrected chi connectivity index (χ2v) is 9.92. The van der Waals surface area contributed by atoms with Crippen LogP contribution in [0, 0.1) is 0 Å². The Balaban J connectivity index is 1.54. The highest BCUT2D eigenvalue weighted by Gasteiger charge is 2.46. The molecule has 1 aliphatic rings. The number of likely N-dealkylation sites (tertiary alicyclic amines) is 1. The van der Waals surface area contributed by atoms with Crippen LogP contribution in [-0.4, -0.2) is 35.4 Å². The first-order chi connectivity index (χ1) is 20.5. The highest BCUT2D eigenvalue weighted by molar-refractivity contribution is 6.46. The lowest BCUT2D eigenvalue weighted by atomic mass is 9.95. The lowest BCUT2D eigenvalue weighted by Crippen LogP contribution is -2.29. The number of amides is 1. The number of carbonyl (C=O) groups excluding carboxylic acids is 2. The molecule has 1 saturated heterocycles. The number of hydrogen-bond donors (Lipinski definition) is 1. The van der Waals surface area contributed by atoms with Crippen LogP contribution in [0.2, 0.25) is 0 Å². The second-order valence-electron chi connectivity index (χ2n) is 9.92. The topological polar surface area (TPSA) is 98.4 Å². The number of Topliss-reactive ketones (excluding diaryl/α,β-unsaturated/α-hetero) is 1. The number of ether oxygens (including phenoxy) is 3. The van der Waals surface area contributed by atoms with Gasteiger partial charge in [0.1, 0.15) is 23.9 Å². The summed E-state index contributed by atoms with van der Waals surface area (Å²) in [6.45, 7) is 2.98. The highest BCUT2D eigenvalue weighted by Crippen LogP contribution is 2.43. The van der Waals surface area contributed by atoms with Gasteiger partial charge >= 0.3 is 0 Å². The molecule has 3 aromatic carbocycles. The third-order valence-corrected chi connectivity index (χ3v) is 7.06. The fraction of sp³-hybridized carbons (Fsp3) is 0.235. The first-order valence-corrected chi connectivity index (χ1v) is 13.9. The zero-order chi connectivity index (χ0) is 29.5. The van der Waals surface area contributed by atoms with Crippen LogP contribution >= 0.6 is 0 Å². The quantitative estimate of drug-likeness (QED) is 0.0884. The first-order valence-electron chi connectivity index (χ1n) is 13.9. The zero-order valence-corrected chi connectivity index (χ0v) is 23.6. The van der Waals surface area contributed by atoms with E-state index in [0.29, 0.717) is 47.3 Å². The van der Waals surface area contributed by atoms with Gasteiger partial charge in [0.25, 0.3) is 11.7 Å². The number of benzene rings is 3. The van der Waals surface area contributed by atoms with Crippen LogP contribution in [0.25, 0.3) is 5.76 Å². The molecule has 1 aliphatic heterocycles. The number of aliphatic hydroxyl groups excluding tert-OH is 1. The summed E-state index contributed by atoms with van der Waals surface area (Å²) in [6, 6.07) is 24.4. The average molecular weight is 568 g/mol. The smallest absolute Gasteiger partial charge is 0.296 e. The Labute approximate surface area is 244 Å². The Morgan fingerprint density at radius 1 is 0.929 bits per heavy atom. The zero-order valence-electron chi connectivity index (χ0n) is 23.6. The predicted octanol–water partition coefficient (Wildman–Crippen LogP) is 6.67. The van der Waals surface area contributed by atoms with Crippen LogP contribution < -0.4 is 14.2 Å². The van der Waals surface area contributed by atoms with Crippen LogP contribution in [-0.2, 0) is 22.7 Å². The lowest BCUT2D eigenvalue weighted by Gasteiger charge is -2.25. The molecule has 8 nitrogen and oxygen atoms in total. The molecule has 8 heteroatoms. The minimum atomic E-state index is -0.906. The molecule has 1 N–H and O–H groups in total. The van der Waals surface area contributed by atoms with E-state index >= 15 is 0 Å². The summed E-state index contributed by atoms with van der Waals surface area (Å²) >= 11 is 0. The molecular formula is C34H33NO7. The molecule has 1 atom stereocenters. The third kappa shape index (κ3) is 6.17. The summed E-state index contributed by atoms with van der Waals surface area (Å²) in [6.07, 6.45) is 3.38. The van der Waals surface area contributed by atoms with Gasteiger partial charge in [0.2, 0.25) is 0 Å². The van der Waals surface area contributed by atoms with E-state index in [1.165, 1.54) is 18.3 Å². The van der Waals surface area contributed by atoms with Gasteiger partial charge in [-0.2, -0.15) is 0 Å². The molecule has 0 saturated carbocycles. The van der Waals surface area contributed by atoms with Gasteiger partial charge in [-0.15, -0.1) is 0 Å². The predicted molar refractivity (Wildman–Crippen MR) is 157 cm³/mol. The van der Waals surface area contributed by atoms with Gasteiger partial charge in [0.05, 0.1) is 38.1 Å². The summed E-state index contributed by atoms with van der Waals surface area (Å²) in [7, 11) is 1.53. The number of hydrogen-bond acceptors (Lipinski definition) is 7. The highest BCUT2D eigenvalue weighted by atomic mass is 16.5. The number of aliphatic hydroxyl groups is 1. The summed E-state index contributed by atoms with van der Waals surface area (Å²) in [5, 5.41) is 11.5. The minimum absolute atomic E-state index is 0.0303. The molecule has 4 aromatic rings. The summed E-state index contributed by atoms with van der Waals surface area (Å²) in [5.74, 6) is 0.188. The van der Waals surface area contributed by atoms with Gasteiger partial charge in [0.15, 0.2) is 11.5 Å². The fourth-order valence-electron chi connectivity index (χ4n) is 4.89. The van der Waals surface area contributed by atoms with Crippen molar-refractivity contribution in [3.05, 3.63) is 119 Å². The van der Waals surface area contributed by atoms with Crippen molar-refractivity contribution in [2.75, 3.05) is 13.7 Å². The number of nitrogens with zero attached hydrogens (tertiary/aromatic N) is 1. The fourth-order valence-corrected chi connectivity index (χ4v) is 4.89. The largest absolute Gasteiger partial charge is 0.507 e. The van der Waals surface area contributed by atoms with Gasteiger partial charge in [0, 0.05) is 5.56 Å². The SMILES string of the molecule is CCCCOc1cccc(C(O)=C2C(=O)C(=O)N(Cc3ccco3)C2c2ccc(OCc3ccccc3)c(OC)c2)c1. The monoisotopic (exact) mass is 567 g/mol. The Morgan fingerprint density at radius 2 is 1.76 bits per heavy atom. The Hall–Kier alpha value is -4.98. The lowest BCUT2D eigenvalue weighted by molar-refractivity contribution is -0.140. The number of ketones is 1. The Bertz CT molecular complexity index is 1560. The van der Waals surface area contributed by atoms with Crippen molar-refractivity contribution in [3.8, 4) is 17.2 Å². The Kier molecular flexibility index (Phi) is 8.92. The van der Waals surface area contributed by atoms with Crippen LogP contribution in [0.4, 0.5) is 0 Å². The van der Waals surface area contributed by atoms with E-state index in [0.717, 1.165) is 18.4 Å². The molecule has 5 rings (SSSR count). The van der Waals surface area contributed by atoms with Crippen molar-refractivity contribution in [3.63, 3.8) is 0 Å². The number of methoxy groups -OCH3 is 1. The molecule has 1 unspecified atom stereocenters. The maximum Gasteiger partial charge on any atom is 0.296 e. The van der Waals surface area contributed by atoms with Crippen LogP contribution in [0.1, 0.15) is 48.3 Å². The average Bonchev–Trinajstić information content (AvgIpc) is 3.63. The first kappa shape index (κ1) is 28.5. The van der Waals surface area contributed by atoms with E-state index < -0.39 is 17.7 Å². The maximum atomic E-state index is 13.5. The molecular weight excluding hydrogens is 534 g/mol. The van der Waals surface area contributed by atoms with E-state index in [-0.39, 0.29) is 17.9 Å². The summed E-state index contributed by atoms with van der Waals surface area (Å²) in [5.41, 5.74) is 1.91. The molecule has 2 heterocycles. The van der Waals surface area contributed by atoms with Crippen molar-refractivity contribution < 1.29 is 33.3 Å². The van der Waals surface area contributed by atoms with E-state index in [1.807, 2.05) is 30.3 Å². The molecule has 216 valence electrons. The number of carbonyl (C=O) groups is 2. The molecule has 0 aliphatic carbocycles. The van der Waals surface area contributed by atoms with Crippen LogP contribution in [0.3, 0.4) is 0 Å². The summed E-state index contributed by atoms with van der Waals surface area (Å²) in [4.78, 5) is 28.3. The van der Waals surface area contributed by atoms with Crippen molar-refractivity contribution in [2.24, 2.45) is 0 Å². The van der Waals surface area contributed by atoms with Gasteiger partial charge in [-0.3, -0.25) is 9.59 Å². The van der Waals surface area contributed by atoms with Gasteiger partial charge in [-0.05, 0) is 53.9 Å². The van der Waals surface area contributed by atoms with Crippen molar-refractivity contribution in [1.82, 2.24) is 4.90 Å². The Morgan fingerprint density at radius 3 is 2.50 bits per heavy atom. The third-order valence-electron chi connectivity index (χ3n) is 7.06. The molecule has 1 amide bonds. The van der Waals surface area contributed by atoms with Gasteiger partial charge < -0.3 is 28.6 Å². The molecule has 0 spiro atoms. The van der Waals surface area contributed by atoms with Crippen molar-refractivity contribution in [1.29, 1.82) is 0 Å². The molecule has 1 fully saturated rings.